The Morgan fingerprint density at radius 1 is 1.23 bits per heavy atom. The van der Waals surface area contributed by atoms with Crippen molar-refractivity contribution in [3.05, 3.63) is 48.4 Å². The van der Waals surface area contributed by atoms with E-state index in [-0.39, 0.29) is 5.91 Å². The number of benzene rings is 1. The number of carbonyl (C=O) groups is 1. The Bertz CT molecular complexity index is 1140. The van der Waals surface area contributed by atoms with Gasteiger partial charge >= 0.3 is 0 Å². The highest BCUT2D eigenvalue weighted by Gasteiger charge is 2.17. The van der Waals surface area contributed by atoms with Gasteiger partial charge in [-0.2, -0.15) is 4.98 Å². The minimum absolute atomic E-state index is 0.0875. The molecule has 0 atom stereocenters. The number of rotatable bonds is 6. The van der Waals surface area contributed by atoms with E-state index in [1.807, 2.05) is 24.3 Å². The number of aromatic nitrogens is 2. The Kier molecular flexibility index (Phi) is 5.36. The maximum absolute atomic E-state index is 12.6. The number of fused-ring (bicyclic) bond motifs is 2. The predicted molar refractivity (Wildman–Crippen MR) is 117 cm³/mol. The first kappa shape index (κ1) is 19.1. The van der Waals surface area contributed by atoms with Gasteiger partial charge < -0.3 is 14.5 Å². The van der Waals surface area contributed by atoms with Crippen molar-refractivity contribution in [1.29, 1.82) is 0 Å². The molecule has 1 aliphatic carbocycles. The summed E-state index contributed by atoms with van der Waals surface area (Å²) in [6.45, 7) is 0.711. The first-order valence-electron chi connectivity index (χ1n) is 10.4. The van der Waals surface area contributed by atoms with E-state index < -0.39 is 0 Å². The molecule has 154 valence electrons. The fourth-order valence-electron chi connectivity index (χ4n) is 4.10. The zero-order chi connectivity index (χ0) is 20.3. The molecule has 7 heteroatoms. The maximum Gasteiger partial charge on any atom is 0.281 e. The van der Waals surface area contributed by atoms with Gasteiger partial charge in [0.25, 0.3) is 11.1 Å². The summed E-state index contributed by atoms with van der Waals surface area (Å²) in [5, 5.41) is 4.35. The summed E-state index contributed by atoms with van der Waals surface area (Å²) >= 11 is 1.44. The van der Waals surface area contributed by atoms with Crippen LogP contribution in [0, 0.1) is 5.92 Å². The second-order valence-electron chi connectivity index (χ2n) is 7.76. The van der Waals surface area contributed by atoms with Gasteiger partial charge in [-0.3, -0.25) is 4.79 Å². The Morgan fingerprint density at radius 2 is 2.13 bits per heavy atom. The zero-order valence-corrected chi connectivity index (χ0v) is 17.4. The number of pyridine rings is 1. The van der Waals surface area contributed by atoms with Gasteiger partial charge in [-0.15, -0.1) is 0 Å². The summed E-state index contributed by atoms with van der Waals surface area (Å²) < 4.78 is 12.5. The third-order valence-electron chi connectivity index (χ3n) is 5.70. The quantitative estimate of drug-likeness (QED) is 0.417. The Balaban J connectivity index is 1.25. The average Bonchev–Trinajstić information content (AvgIpc) is 3.37. The van der Waals surface area contributed by atoms with E-state index in [1.54, 1.807) is 12.3 Å². The lowest BCUT2D eigenvalue weighted by atomic mass is 9.87. The summed E-state index contributed by atoms with van der Waals surface area (Å²) in [6, 6.07) is 9.31. The molecule has 1 fully saturated rings. The van der Waals surface area contributed by atoms with Gasteiger partial charge in [0, 0.05) is 24.2 Å². The number of nitrogens with one attached hydrogen (secondary N) is 1. The molecule has 0 saturated heterocycles. The van der Waals surface area contributed by atoms with Gasteiger partial charge in [0.2, 0.25) is 0 Å². The van der Waals surface area contributed by atoms with Crippen molar-refractivity contribution in [2.24, 2.45) is 5.92 Å². The predicted octanol–water partition coefficient (Wildman–Crippen LogP) is 5.93. The van der Waals surface area contributed by atoms with Gasteiger partial charge in [0.1, 0.15) is 17.6 Å². The molecule has 6 nitrogen and oxygen atoms in total. The fourth-order valence-corrected chi connectivity index (χ4v) is 4.90. The Hall–Kier alpha value is -2.93. The molecule has 1 saturated carbocycles. The molecule has 0 radical (unpaired) electrons. The summed E-state index contributed by atoms with van der Waals surface area (Å²) in [5.41, 5.74) is 1.84. The van der Waals surface area contributed by atoms with E-state index in [4.69, 9.17) is 9.15 Å². The minimum atomic E-state index is -0.0875. The number of amides is 1. The molecule has 3 aromatic heterocycles. The lowest BCUT2D eigenvalue weighted by Crippen LogP contribution is -2.26. The lowest BCUT2D eigenvalue weighted by Gasteiger charge is -2.21. The molecule has 0 spiro atoms. The van der Waals surface area contributed by atoms with E-state index in [1.165, 1.54) is 49.7 Å². The molecule has 1 amide bonds. The maximum atomic E-state index is 12.6. The minimum Gasteiger partial charge on any atom is -0.463 e. The Morgan fingerprint density at radius 3 is 3.00 bits per heavy atom. The van der Waals surface area contributed by atoms with Crippen molar-refractivity contribution < 1.29 is 13.9 Å². The highest BCUT2D eigenvalue weighted by Crippen LogP contribution is 2.33. The lowest BCUT2D eigenvalue weighted by molar-refractivity contribution is 0.0951. The van der Waals surface area contributed by atoms with Gasteiger partial charge in [0.05, 0.1) is 10.3 Å². The molecular weight excluding hydrogens is 398 g/mol. The molecule has 30 heavy (non-hydrogen) atoms. The summed E-state index contributed by atoms with van der Waals surface area (Å²) in [4.78, 5) is 21.2. The molecule has 0 bridgehead atoms. The number of thiazole rings is 1. The van der Waals surface area contributed by atoms with Crippen molar-refractivity contribution in [3.63, 3.8) is 0 Å². The first-order valence-corrected chi connectivity index (χ1v) is 11.3. The molecule has 4 aromatic rings. The number of hydrogen-bond acceptors (Lipinski definition) is 6. The number of nitrogens with zero attached hydrogens (tertiary/aromatic N) is 2. The van der Waals surface area contributed by atoms with Gasteiger partial charge in [-0.05, 0) is 36.6 Å². The number of hydrogen-bond donors (Lipinski definition) is 1. The smallest absolute Gasteiger partial charge is 0.281 e. The van der Waals surface area contributed by atoms with E-state index in [9.17, 15) is 4.79 Å². The van der Waals surface area contributed by atoms with Crippen molar-refractivity contribution >= 4 is 38.6 Å². The SMILES string of the molecule is O=C(NCCC1CCCCC1)c1coc2cc(Oc3nc4ncccc4s3)ccc12. The molecule has 3 heterocycles. The largest absolute Gasteiger partial charge is 0.463 e. The van der Waals surface area contributed by atoms with E-state index >= 15 is 0 Å². The van der Waals surface area contributed by atoms with Crippen LogP contribution in [0.15, 0.2) is 47.2 Å². The van der Waals surface area contributed by atoms with E-state index in [0.717, 1.165) is 22.4 Å². The van der Waals surface area contributed by atoms with E-state index in [2.05, 4.69) is 15.3 Å². The molecule has 1 aromatic carbocycles. The summed E-state index contributed by atoms with van der Waals surface area (Å²) in [5.74, 6) is 1.27. The van der Waals surface area contributed by atoms with Crippen molar-refractivity contribution in [1.82, 2.24) is 15.3 Å². The first-order chi connectivity index (χ1) is 14.8. The second-order valence-corrected chi connectivity index (χ2v) is 8.76. The fraction of sp³-hybridized carbons (Fsp3) is 0.348. The van der Waals surface area contributed by atoms with Crippen molar-refractivity contribution in [2.45, 2.75) is 38.5 Å². The van der Waals surface area contributed by atoms with Crippen molar-refractivity contribution in [2.75, 3.05) is 6.54 Å². The molecular formula is C23H23N3O3S. The van der Waals surface area contributed by atoms with Crippen LogP contribution in [0.4, 0.5) is 0 Å². The zero-order valence-electron chi connectivity index (χ0n) is 16.6. The molecule has 5 rings (SSSR count). The van der Waals surface area contributed by atoms with Crippen LogP contribution in [-0.2, 0) is 0 Å². The van der Waals surface area contributed by atoms with Crippen LogP contribution in [-0.4, -0.2) is 22.4 Å². The number of carbonyl (C=O) groups excluding carboxylic acids is 1. The van der Waals surface area contributed by atoms with Crippen LogP contribution in [0.3, 0.4) is 0 Å². The monoisotopic (exact) mass is 421 g/mol. The topological polar surface area (TPSA) is 77.2 Å². The number of ether oxygens (including phenoxy) is 1. The van der Waals surface area contributed by atoms with Crippen LogP contribution < -0.4 is 10.1 Å². The number of furan rings is 1. The van der Waals surface area contributed by atoms with Crippen molar-refractivity contribution in [3.8, 4) is 10.9 Å². The molecule has 0 unspecified atom stereocenters. The average molecular weight is 422 g/mol. The van der Waals surface area contributed by atoms with Crippen LogP contribution in [0.2, 0.25) is 0 Å². The van der Waals surface area contributed by atoms with Crippen LogP contribution >= 0.6 is 11.3 Å². The summed E-state index contributed by atoms with van der Waals surface area (Å²) in [7, 11) is 0. The molecule has 1 aliphatic rings. The highest BCUT2D eigenvalue weighted by molar-refractivity contribution is 7.20. The van der Waals surface area contributed by atoms with Crippen LogP contribution in [0.5, 0.6) is 10.9 Å². The normalized spacial score (nSPS) is 14.9. The van der Waals surface area contributed by atoms with Crippen LogP contribution in [0.25, 0.3) is 21.3 Å². The van der Waals surface area contributed by atoms with E-state index in [0.29, 0.717) is 34.3 Å². The Labute approximate surface area is 178 Å². The third kappa shape index (κ3) is 4.03. The standard InChI is InChI=1S/C23H23N3O3S/c27-22(25-12-10-15-5-2-1-3-6-15)18-14-28-19-13-16(8-9-17(18)19)29-23-26-21-20(30-23)7-4-11-24-21/h4,7-9,11,13-15H,1-3,5-6,10,12H2,(H,25,27). The highest BCUT2D eigenvalue weighted by atomic mass is 32.1. The van der Waals surface area contributed by atoms with Crippen LogP contribution in [0.1, 0.15) is 48.9 Å². The third-order valence-corrected chi connectivity index (χ3v) is 6.59. The summed E-state index contributed by atoms with van der Waals surface area (Å²) in [6.07, 6.45) is 10.9. The van der Waals surface area contributed by atoms with Gasteiger partial charge in [0.15, 0.2) is 5.65 Å². The molecule has 0 aliphatic heterocycles. The van der Waals surface area contributed by atoms with Gasteiger partial charge in [-0.25, -0.2) is 4.98 Å². The second kappa shape index (κ2) is 8.44. The van der Waals surface area contributed by atoms with Gasteiger partial charge in [-0.1, -0.05) is 43.4 Å². The molecule has 1 N–H and O–H groups in total.